The molecule has 4 rings (SSSR count). The summed E-state index contributed by atoms with van der Waals surface area (Å²) in [6.07, 6.45) is 12.1. The van der Waals surface area contributed by atoms with Crippen LogP contribution in [0.3, 0.4) is 0 Å². The third-order valence-electron chi connectivity index (χ3n) is 7.58. The summed E-state index contributed by atoms with van der Waals surface area (Å²) >= 11 is 0. The first-order chi connectivity index (χ1) is 16.0. The second-order valence-electron chi connectivity index (χ2n) is 10.2. The molecule has 2 unspecified atom stereocenters. The molecule has 2 aliphatic rings. The number of hydrogen-bond donors (Lipinski definition) is 1. The maximum atomic E-state index is 13.5. The maximum absolute atomic E-state index is 13.5. The summed E-state index contributed by atoms with van der Waals surface area (Å²) in [5, 5.41) is 11.8. The average Bonchev–Trinajstić information content (AvgIpc) is 2.85. The first-order valence-electron chi connectivity index (χ1n) is 12.6. The van der Waals surface area contributed by atoms with Gasteiger partial charge in [0, 0.05) is 37.6 Å². The van der Waals surface area contributed by atoms with Crippen molar-refractivity contribution in [1.82, 2.24) is 9.97 Å². The van der Waals surface area contributed by atoms with Crippen molar-refractivity contribution >= 4 is 5.97 Å². The maximum Gasteiger partial charge on any atom is 0.343 e. The summed E-state index contributed by atoms with van der Waals surface area (Å²) < 4.78 is 6.97. The van der Waals surface area contributed by atoms with Crippen LogP contribution in [-0.2, 0) is 21.6 Å². The number of carbonyl (C=O) groups excluding carboxylic acids is 1. The highest BCUT2D eigenvalue weighted by molar-refractivity contribution is 5.81. The van der Waals surface area contributed by atoms with Crippen molar-refractivity contribution in [2.24, 2.45) is 5.92 Å². The summed E-state index contributed by atoms with van der Waals surface area (Å²) in [4.78, 5) is 22.2. The normalized spacial score (nSPS) is 25.8. The molecule has 6 nitrogen and oxygen atoms in total. The van der Waals surface area contributed by atoms with Crippen LogP contribution in [-0.4, -0.2) is 58.3 Å². The number of likely N-dealkylation sites (N-methyl/N-ethyl adjacent to an activating group) is 1. The minimum Gasteiger partial charge on any atom is -0.454 e. The highest BCUT2D eigenvalue weighted by atomic mass is 16.6. The van der Waals surface area contributed by atoms with Gasteiger partial charge in [0.25, 0.3) is 0 Å². The molecule has 6 heteroatoms. The molecule has 2 heterocycles. The Morgan fingerprint density at radius 2 is 1.79 bits per heavy atom. The topological polar surface area (TPSA) is 72.3 Å². The van der Waals surface area contributed by atoms with Crippen molar-refractivity contribution in [3.8, 4) is 0 Å². The monoisotopic (exact) mass is 452 g/mol. The number of aryl methyl sites for hydroxylation is 1. The number of nitrogens with zero attached hydrogens (tertiary/aromatic N) is 3. The Morgan fingerprint density at radius 3 is 2.52 bits per heavy atom. The van der Waals surface area contributed by atoms with Crippen molar-refractivity contribution in [3.05, 3.63) is 60.2 Å². The van der Waals surface area contributed by atoms with Gasteiger partial charge in [0.05, 0.1) is 20.1 Å². The lowest BCUT2D eigenvalue weighted by Gasteiger charge is -2.42. The van der Waals surface area contributed by atoms with E-state index in [4.69, 9.17) is 4.74 Å². The molecule has 1 aromatic carbocycles. The molecule has 0 amide bonds. The zero-order valence-electron chi connectivity index (χ0n) is 19.9. The van der Waals surface area contributed by atoms with Crippen LogP contribution in [0, 0.1) is 5.92 Å². The number of aromatic nitrogens is 2. The van der Waals surface area contributed by atoms with E-state index in [-0.39, 0.29) is 12.0 Å². The highest BCUT2D eigenvalue weighted by Gasteiger charge is 2.48. The van der Waals surface area contributed by atoms with Crippen LogP contribution in [0.4, 0.5) is 0 Å². The minimum absolute atomic E-state index is 0.0866. The highest BCUT2D eigenvalue weighted by Crippen LogP contribution is 2.41. The number of rotatable bonds is 8. The van der Waals surface area contributed by atoms with E-state index in [0.717, 1.165) is 81.3 Å². The first-order valence-corrected chi connectivity index (χ1v) is 12.6. The molecule has 1 aliphatic heterocycles. The van der Waals surface area contributed by atoms with Gasteiger partial charge < -0.3 is 14.3 Å². The third kappa shape index (κ3) is 5.79. The van der Waals surface area contributed by atoms with Gasteiger partial charge in [-0.3, -0.25) is 0 Å². The van der Waals surface area contributed by atoms with Crippen LogP contribution in [0.1, 0.15) is 62.8 Å². The van der Waals surface area contributed by atoms with E-state index in [9.17, 15) is 9.90 Å². The minimum atomic E-state index is -1.56. The molecule has 0 bridgehead atoms. The molecule has 1 saturated carbocycles. The van der Waals surface area contributed by atoms with E-state index in [1.165, 1.54) is 6.42 Å². The molecule has 1 saturated heterocycles. The summed E-state index contributed by atoms with van der Waals surface area (Å²) in [6.45, 7) is 2.87. The number of likely N-dealkylation sites (tertiary alicyclic amines) is 1. The molecule has 1 N–H and O–H groups in total. The molecule has 3 atom stereocenters. The van der Waals surface area contributed by atoms with E-state index in [1.807, 2.05) is 36.4 Å². The van der Waals surface area contributed by atoms with E-state index < -0.39 is 11.6 Å². The fourth-order valence-electron chi connectivity index (χ4n) is 5.73. The quantitative estimate of drug-likeness (QED) is 0.484. The Kier molecular flexibility index (Phi) is 7.76. The van der Waals surface area contributed by atoms with E-state index in [0.29, 0.717) is 5.56 Å². The van der Waals surface area contributed by atoms with E-state index in [2.05, 4.69) is 17.0 Å². The van der Waals surface area contributed by atoms with Gasteiger partial charge in [0.15, 0.2) is 11.7 Å². The number of piperidine rings is 1. The zero-order valence-corrected chi connectivity index (χ0v) is 19.9. The molecule has 178 valence electrons. The lowest BCUT2D eigenvalue weighted by Crippen LogP contribution is -2.55. The fraction of sp³-hybridized carbons (Fsp3) is 0.593. The second-order valence-corrected chi connectivity index (χ2v) is 10.2. The van der Waals surface area contributed by atoms with Gasteiger partial charge in [-0.2, -0.15) is 0 Å². The summed E-state index contributed by atoms with van der Waals surface area (Å²) in [5.74, 6) is 0.331. The number of esters is 1. The van der Waals surface area contributed by atoms with E-state index >= 15 is 0 Å². The van der Waals surface area contributed by atoms with Crippen LogP contribution in [0.15, 0.2) is 48.8 Å². The van der Waals surface area contributed by atoms with Gasteiger partial charge in [-0.05, 0) is 30.9 Å². The van der Waals surface area contributed by atoms with E-state index in [1.54, 1.807) is 12.4 Å². The lowest BCUT2D eigenvalue weighted by molar-refractivity contribution is -0.917. The molecular formula is C27H38N3O3+. The molecule has 0 spiro atoms. The van der Waals surface area contributed by atoms with Crippen molar-refractivity contribution in [3.63, 3.8) is 0 Å². The summed E-state index contributed by atoms with van der Waals surface area (Å²) in [6, 6.07) is 11.3. The Bertz CT molecular complexity index is 888. The number of aliphatic hydroxyl groups is 1. The Balaban J connectivity index is 1.41. The number of quaternary nitrogens is 1. The van der Waals surface area contributed by atoms with Crippen molar-refractivity contribution in [2.45, 2.75) is 69.5 Å². The third-order valence-corrected chi connectivity index (χ3v) is 7.58. The fourth-order valence-corrected chi connectivity index (χ4v) is 5.73. The molecule has 1 aromatic heterocycles. The Labute approximate surface area is 197 Å². The Hall–Kier alpha value is -2.31. The summed E-state index contributed by atoms with van der Waals surface area (Å²) in [7, 11) is 2.25. The SMILES string of the molecule is C[N@@+]1(CCCc2ncccn2)CCCC(OC(=O)C(O)(c2ccccc2)C2CCCCC2)C1. The lowest BCUT2D eigenvalue weighted by atomic mass is 9.73. The number of carbonyl (C=O) groups is 1. The molecule has 33 heavy (non-hydrogen) atoms. The smallest absolute Gasteiger partial charge is 0.343 e. The van der Waals surface area contributed by atoms with Gasteiger partial charge in [-0.15, -0.1) is 0 Å². The number of benzene rings is 1. The standard InChI is InChI=1S/C27H38N3O3/c1-30(20-9-16-25-28-17-10-18-29-25)19-8-15-24(21-30)33-26(31)27(32,22-11-4-2-5-12-22)23-13-6-3-7-14-23/h2,4-5,10-12,17-18,23-24,32H,3,6-9,13-16,19-21H2,1H3/q+1/t24?,27?,30-/m0/s1. The first kappa shape index (κ1) is 23.8. The van der Waals surface area contributed by atoms with Crippen LogP contribution in [0.25, 0.3) is 0 Å². The van der Waals surface area contributed by atoms with Gasteiger partial charge in [-0.1, -0.05) is 49.6 Å². The second kappa shape index (κ2) is 10.7. The largest absolute Gasteiger partial charge is 0.454 e. The molecule has 1 aliphatic carbocycles. The van der Waals surface area contributed by atoms with Crippen LogP contribution >= 0.6 is 0 Å². The van der Waals surface area contributed by atoms with Gasteiger partial charge in [0.2, 0.25) is 0 Å². The van der Waals surface area contributed by atoms with Crippen LogP contribution in [0.2, 0.25) is 0 Å². The average molecular weight is 453 g/mol. The zero-order chi connectivity index (χ0) is 23.2. The summed E-state index contributed by atoms with van der Waals surface area (Å²) in [5.41, 5.74) is -0.898. The number of ether oxygens (including phenoxy) is 1. The molecule has 2 aromatic rings. The van der Waals surface area contributed by atoms with Crippen LogP contribution in [0.5, 0.6) is 0 Å². The molecule has 2 fully saturated rings. The van der Waals surface area contributed by atoms with Crippen LogP contribution < -0.4 is 0 Å². The van der Waals surface area contributed by atoms with Gasteiger partial charge in [-0.25, -0.2) is 14.8 Å². The van der Waals surface area contributed by atoms with Crippen molar-refractivity contribution < 1.29 is 19.1 Å². The van der Waals surface area contributed by atoms with Gasteiger partial charge >= 0.3 is 5.97 Å². The molecular weight excluding hydrogens is 414 g/mol. The van der Waals surface area contributed by atoms with Gasteiger partial charge in [0.1, 0.15) is 12.4 Å². The van der Waals surface area contributed by atoms with Crippen molar-refractivity contribution in [1.29, 1.82) is 0 Å². The molecule has 0 radical (unpaired) electrons. The Morgan fingerprint density at radius 1 is 1.06 bits per heavy atom. The predicted molar refractivity (Wildman–Crippen MR) is 127 cm³/mol. The number of hydrogen-bond acceptors (Lipinski definition) is 5. The van der Waals surface area contributed by atoms with Crippen molar-refractivity contribution in [2.75, 3.05) is 26.7 Å². The predicted octanol–water partition coefficient (Wildman–Crippen LogP) is 4.03.